The van der Waals surface area contributed by atoms with Crippen LogP contribution in [-0.4, -0.2) is 15.0 Å². The minimum absolute atomic E-state index is 0.217. The molecule has 2 aromatic carbocycles. The number of carbonyl (C=O) groups is 1. The topological polar surface area (TPSA) is 86.2 Å². The van der Waals surface area contributed by atoms with Crippen LogP contribution in [0.25, 0.3) is 11.0 Å². The quantitative estimate of drug-likeness (QED) is 0.502. The highest BCUT2D eigenvalue weighted by Crippen LogP contribution is 2.13. The summed E-state index contributed by atoms with van der Waals surface area (Å²) >= 11 is 0. The Balaban J connectivity index is 1.59. The Labute approximate surface area is 172 Å². The number of hydrogen-bond donors (Lipinski definition) is 1. The van der Waals surface area contributed by atoms with Crippen molar-refractivity contribution in [2.75, 3.05) is 0 Å². The normalized spacial score (nSPS) is 11.0. The van der Waals surface area contributed by atoms with Crippen LogP contribution in [0, 0.1) is 0 Å². The predicted molar refractivity (Wildman–Crippen MR) is 114 cm³/mol. The Morgan fingerprint density at radius 2 is 1.57 bits per heavy atom. The molecule has 2 heterocycles. The van der Waals surface area contributed by atoms with Gasteiger partial charge in [-0.15, -0.1) is 0 Å². The van der Waals surface area contributed by atoms with E-state index in [-0.39, 0.29) is 12.5 Å². The Hall–Kier alpha value is -3.87. The molecule has 0 fully saturated rings. The summed E-state index contributed by atoms with van der Waals surface area (Å²) in [4.78, 5) is 37.5. The molecule has 0 unspecified atom stereocenters. The van der Waals surface area contributed by atoms with Crippen LogP contribution in [0.4, 0.5) is 0 Å². The van der Waals surface area contributed by atoms with E-state index in [1.165, 1.54) is 9.13 Å². The van der Waals surface area contributed by atoms with Gasteiger partial charge in [0.1, 0.15) is 5.76 Å². The van der Waals surface area contributed by atoms with E-state index in [1.807, 2.05) is 31.2 Å². The molecule has 0 atom stereocenters. The van der Waals surface area contributed by atoms with Crippen LogP contribution in [0.2, 0.25) is 0 Å². The highest BCUT2D eigenvalue weighted by Gasteiger charge is 2.13. The smallest absolute Gasteiger partial charge is 0.317 e. The van der Waals surface area contributed by atoms with Crippen molar-refractivity contribution in [1.82, 2.24) is 14.5 Å². The number of amides is 1. The van der Waals surface area contributed by atoms with Crippen molar-refractivity contribution in [3.05, 3.63) is 105 Å². The minimum Gasteiger partial charge on any atom is -0.467 e. The summed E-state index contributed by atoms with van der Waals surface area (Å²) < 4.78 is 8.17. The first kappa shape index (κ1) is 19.4. The molecule has 1 N–H and O–H groups in total. The number of nitrogens with zero attached hydrogens (tertiary/aromatic N) is 2. The molecule has 7 nitrogen and oxygen atoms in total. The van der Waals surface area contributed by atoms with Crippen molar-refractivity contribution in [3.8, 4) is 0 Å². The maximum atomic E-state index is 12.7. The zero-order chi connectivity index (χ0) is 21.1. The second kappa shape index (κ2) is 8.24. The van der Waals surface area contributed by atoms with Crippen LogP contribution in [0.15, 0.2) is 80.9 Å². The Kier molecular flexibility index (Phi) is 5.34. The number of benzene rings is 2. The summed E-state index contributed by atoms with van der Waals surface area (Å²) in [5.74, 6) is 0.458. The van der Waals surface area contributed by atoms with Gasteiger partial charge in [-0.25, -0.2) is 0 Å². The van der Waals surface area contributed by atoms with Crippen molar-refractivity contribution in [3.63, 3.8) is 0 Å². The molecular weight excluding hydrogens is 382 g/mol. The van der Waals surface area contributed by atoms with Crippen molar-refractivity contribution >= 4 is 16.9 Å². The monoisotopic (exact) mass is 403 g/mol. The predicted octanol–water partition coefficient (Wildman–Crippen LogP) is 2.75. The molecule has 0 saturated carbocycles. The van der Waals surface area contributed by atoms with Crippen molar-refractivity contribution in [2.24, 2.45) is 0 Å². The standard InChI is InChI=1S/C23H21N3O4/c1-2-25-19-7-3-4-8-20(19)26(23(29)22(25)28)15-16-9-11-17(12-10-16)21(27)24-14-18-6-5-13-30-18/h3-13H,2,14-15H2,1H3,(H,24,27). The van der Waals surface area contributed by atoms with E-state index in [1.54, 1.807) is 42.7 Å². The largest absolute Gasteiger partial charge is 0.467 e. The van der Waals surface area contributed by atoms with Gasteiger partial charge in [-0.3, -0.25) is 19.0 Å². The SMILES string of the molecule is CCn1c(=O)c(=O)n(Cc2ccc(C(=O)NCc3ccco3)cc2)c2ccccc21. The summed E-state index contributed by atoms with van der Waals surface area (Å²) in [6.07, 6.45) is 1.56. The molecule has 0 saturated heterocycles. The third kappa shape index (κ3) is 3.69. The molecular formula is C23H21N3O4. The summed E-state index contributed by atoms with van der Waals surface area (Å²) in [5.41, 5.74) is 1.64. The van der Waals surface area contributed by atoms with Crippen molar-refractivity contribution < 1.29 is 9.21 Å². The third-order valence-electron chi connectivity index (χ3n) is 5.01. The van der Waals surface area contributed by atoms with Crippen LogP contribution >= 0.6 is 0 Å². The summed E-state index contributed by atoms with van der Waals surface area (Å²) in [6, 6.07) is 17.9. The van der Waals surface area contributed by atoms with E-state index >= 15 is 0 Å². The lowest BCUT2D eigenvalue weighted by molar-refractivity contribution is 0.0948. The fourth-order valence-electron chi connectivity index (χ4n) is 3.47. The average Bonchev–Trinajstić information content (AvgIpc) is 3.30. The number of hydrogen-bond acceptors (Lipinski definition) is 4. The summed E-state index contributed by atoms with van der Waals surface area (Å²) in [7, 11) is 0. The van der Waals surface area contributed by atoms with E-state index < -0.39 is 11.1 Å². The van der Waals surface area contributed by atoms with Crippen molar-refractivity contribution in [1.29, 1.82) is 0 Å². The number of aryl methyl sites for hydroxylation is 1. The molecule has 0 radical (unpaired) electrons. The summed E-state index contributed by atoms with van der Waals surface area (Å²) in [5, 5.41) is 2.79. The molecule has 0 aliphatic rings. The fraction of sp³-hybridized carbons (Fsp3) is 0.174. The van der Waals surface area contributed by atoms with E-state index in [0.29, 0.717) is 29.9 Å². The number of fused-ring (bicyclic) bond motifs is 1. The molecule has 0 spiro atoms. The zero-order valence-electron chi connectivity index (χ0n) is 16.5. The van der Waals surface area contributed by atoms with Crippen molar-refractivity contribution in [2.45, 2.75) is 26.6 Å². The first-order valence-electron chi connectivity index (χ1n) is 9.70. The number of carbonyl (C=O) groups excluding carboxylic acids is 1. The van der Waals surface area contributed by atoms with Crippen LogP contribution < -0.4 is 16.4 Å². The lowest BCUT2D eigenvalue weighted by Crippen LogP contribution is -2.41. The molecule has 0 aliphatic carbocycles. The first-order valence-corrected chi connectivity index (χ1v) is 9.70. The van der Waals surface area contributed by atoms with Gasteiger partial charge in [0.15, 0.2) is 0 Å². The maximum absolute atomic E-state index is 12.7. The van der Waals surface area contributed by atoms with Gasteiger partial charge in [0.05, 0.1) is 30.4 Å². The van der Waals surface area contributed by atoms with E-state index in [0.717, 1.165) is 11.1 Å². The number of para-hydroxylation sites is 2. The second-order valence-electron chi connectivity index (χ2n) is 6.89. The fourth-order valence-corrected chi connectivity index (χ4v) is 3.47. The van der Waals surface area contributed by atoms with Gasteiger partial charge < -0.3 is 14.3 Å². The van der Waals surface area contributed by atoms with Crippen LogP contribution in [0.5, 0.6) is 0 Å². The molecule has 2 aromatic heterocycles. The second-order valence-corrected chi connectivity index (χ2v) is 6.89. The Morgan fingerprint density at radius 1 is 0.900 bits per heavy atom. The van der Waals surface area contributed by atoms with Gasteiger partial charge in [0, 0.05) is 12.1 Å². The zero-order valence-corrected chi connectivity index (χ0v) is 16.5. The molecule has 4 rings (SSSR count). The molecule has 0 bridgehead atoms. The molecule has 4 aromatic rings. The Morgan fingerprint density at radius 3 is 2.20 bits per heavy atom. The summed E-state index contributed by atoms with van der Waals surface area (Å²) in [6.45, 7) is 2.82. The minimum atomic E-state index is -0.559. The van der Waals surface area contributed by atoms with Gasteiger partial charge in [0.2, 0.25) is 0 Å². The average molecular weight is 403 g/mol. The molecule has 152 valence electrons. The number of aromatic nitrogens is 2. The molecule has 0 aliphatic heterocycles. The van der Waals surface area contributed by atoms with Gasteiger partial charge >= 0.3 is 11.1 Å². The van der Waals surface area contributed by atoms with Gasteiger partial charge in [0.25, 0.3) is 5.91 Å². The van der Waals surface area contributed by atoms with E-state index in [9.17, 15) is 14.4 Å². The van der Waals surface area contributed by atoms with Crippen LogP contribution in [0.1, 0.15) is 28.6 Å². The van der Waals surface area contributed by atoms with E-state index in [2.05, 4.69) is 5.32 Å². The van der Waals surface area contributed by atoms with E-state index in [4.69, 9.17) is 4.42 Å². The Bertz CT molecular complexity index is 1300. The van der Waals surface area contributed by atoms with Gasteiger partial charge in [-0.05, 0) is 48.9 Å². The maximum Gasteiger partial charge on any atom is 0.317 e. The van der Waals surface area contributed by atoms with Crippen LogP contribution in [-0.2, 0) is 19.6 Å². The lowest BCUT2D eigenvalue weighted by atomic mass is 10.1. The number of furan rings is 1. The number of rotatable bonds is 6. The first-order chi connectivity index (χ1) is 14.6. The molecule has 7 heteroatoms. The van der Waals surface area contributed by atoms with Gasteiger partial charge in [-0.2, -0.15) is 0 Å². The highest BCUT2D eigenvalue weighted by atomic mass is 16.3. The van der Waals surface area contributed by atoms with Crippen LogP contribution in [0.3, 0.4) is 0 Å². The van der Waals surface area contributed by atoms with Gasteiger partial charge in [-0.1, -0.05) is 24.3 Å². The molecule has 30 heavy (non-hydrogen) atoms. The molecule has 1 amide bonds. The number of nitrogens with one attached hydrogen (secondary N) is 1. The highest BCUT2D eigenvalue weighted by molar-refractivity contribution is 5.94. The third-order valence-corrected chi connectivity index (χ3v) is 5.01. The lowest BCUT2D eigenvalue weighted by Gasteiger charge is -2.14.